The lowest BCUT2D eigenvalue weighted by Crippen LogP contribution is -1.94. The normalized spacial score (nSPS) is 11.7. The van der Waals surface area contributed by atoms with E-state index in [-0.39, 0.29) is 0 Å². The maximum absolute atomic E-state index is 7.31. The number of hydrogen-bond donors (Lipinski definition) is 2. The summed E-state index contributed by atoms with van der Waals surface area (Å²) < 4.78 is 0.688. The number of hydrogen-bond acceptors (Lipinski definition) is 4. The number of rotatable bonds is 2. The molecule has 1 aromatic heterocycles. The zero-order chi connectivity index (χ0) is 11.5. The molecule has 80 valence electrons. The molecule has 0 amide bonds. The summed E-state index contributed by atoms with van der Waals surface area (Å²) in [6.07, 6.45) is 4.31. The second kappa shape index (κ2) is 4.40. The van der Waals surface area contributed by atoms with Gasteiger partial charge in [0.25, 0.3) is 0 Å². The predicted octanol–water partition coefficient (Wildman–Crippen LogP) is 2.34. The minimum atomic E-state index is 0.658. The lowest BCUT2D eigenvalue weighted by Gasteiger charge is -2.06. The van der Waals surface area contributed by atoms with E-state index in [1.807, 2.05) is 18.2 Å². The van der Waals surface area contributed by atoms with E-state index in [2.05, 4.69) is 26.1 Å². The molecule has 4 nitrogen and oxygen atoms in total. The predicted molar refractivity (Wildman–Crippen MR) is 68.2 cm³/mol. The van der Waals surface area contributed by atoms with Gasteiger partial charge in [-0.25, -0.2) is 0 Å². The van der Waals surface area contributed by atoms with Crippen molar-refractivity contribution in [2.24, 2.45) is 5.73 Å². The first-order valence-electron chi connectivity index (χ1n) is 4.60. The number of nitrogens with zero attached hydrogens (tertiary/aromatic N) is 2. The van der Waals surface area contributed by atoms with E-state index in [0.717, 1.165) is 16.3 Å². The van der Waals surface area contributed by atoms with Crippen molar-refractivity contribution < 1.29 is 0 Å². The van der Waals surface area contributed by atoms with Crippen LogP contribution in [0.1, 0.15) is 5.56 Å². The fraction of sp³-hybridized carbons (Fsp3) is 0. The van der Waals surface area contributed by atoms with E-state index in [4.69, 9.17) is 11.1 Å². The maximum atomic E-state index is 7.31. The van der Waals surface area contributed by atoms with Gasteiger partial charge >= 0.3 is 0 Å². The van der Waals surface area contributed by atoms with Crippen LogP contribution in [0.5, 0.6) is 0 Å². The summed E-state index contributed by atoms with van der Waals surface area (Å²) in [5.41, 5.74) is 7.02. The standard InChI is InChI=1S/C11H9BrN4/c12-11-9-3-1-2-8(7(4-13)5-14)10(9)6-15-16-11/h1-6,13H,14H2/b7-5+,13-4?. The third-order valence-electron chi connectivity index (χ3n) is 2.31. The largest absolute Gasteiger partial charge is 0.404 e. The number of nitrogens with two attached hydrogens (primary N) is 1. The van der Waals surface area contributed by atoms with Gasteiger partial charge in [-0.15, -0.1) is 5.10 Å². The van der Waals surface area contributed by atoms with Gasteiger partial charge in [0.05, 0.1) is 6.20 Å². The topological polar surface area (TPSA) is 75.7 Å². The summed E-state index contributed by atoms with van der Waals surface area (Å²) in [5.74, 6) is 0. The molecule has 0 unspecified atom stereocenters. The molecule has 0 bridgehead atoms. The molecule has 1 heterocycles. The Bertz CT molecular complexity index is 577. The number of allylic oxidation sites excluding steroid dienone is 1. The molecular weight excluding hydrogens is 268 g/mol. The van der Waals surface area contributed by atoms with Crippen molar-refractivity contribution >= 4 is 38.5 Å². The van der Waals surface area contributed by atoms with Crippen LogP contribution in [0.2, 0.25) is 0 Å². The molecule has 0 saturated heterocycles. The summed E-state index contributed by atoms with van der Waals surface area (Å²) in [7, 11) is 0. The first-order chi connectivity index (χ1) is 7.77. The summed E-state index contributed by atoms with van der Waals surface area (Å²) in [6.45, 7) is 0. The Morgan fingerprint density at radius 2 is 2.19 bits per heavy atom. The van der Waals surface area contributed by atoms with Gasteiger partial charge in [0.15, 0.2) is 0 Å². The Balaban J connectivity index is 2.81. The summed E-state index contributed by atoms with van der Waals surface area (Å²) in [6, 6.07) is 5.74. The Hall–Kier alpha value is -1.75. The molecule has 0 aliphatic heterocycles. The third kappa shape index (κ3) is 1.69. The number of aromatic nitrogens is 2. The Kier molecular flexibility index (Phi) is 2.96. The first kappa shape index (κ1) is 10.8. The number of nitrogens with one attached hydrogen (secondary N) is 1. The van der Waals surface area contributed by atoms with Crippen molar-refractivity contribution in [2.75, 3.05) is 0 Å². The van der Waals surface area contributed by atoms with Gasteiger partial charge in [0.2, 0.25) is 0 Å². The fourth-order valence-electron chi connectivity index (χ4n) is 1.54. The van der Waals surface area contributed by atoms with Gasteiger partial charge in [-0.2, -0.15) is 5.10 Å². The highest BCUT2D eigenvalue weighted by Crippen LogP contribution is 2.26. The highest BCUT2D eigenvalue weighted by Gasteiger charge is 2.07. The number of benzene rings is 1. The average molecular weight is 277 g/mol. The average Bonchev–Trinajstić information content (AvgIpc) is 2.32. The van der Waals surface area contributed by atoms with Gasteiger partial charge in [-0.05, 0) is 21.5 Å². The van der Waals surface area contributed by atoms with Crippen molar-refractivity contribution in [1.29, 1.82) is 5.41 Å². The van der Waals surface area contributed by atoms with E-state index in [0.29, 0.717) is 10.2 Å². The van der Waals surface area contributed by atoms with Crippen molar-refractivity contribution in [3.05, 3.63) is 40.8 Å². The minimum absolute atomic E-state index is 0.658. The quantitative estimate of drug-likeness (QED) is 0.827. The highest BCUT2D eigenvalue weighted by molar-refractivity contribution is 9.10. The smallest absolute Gasteiger partial charge is 0.136 e. The van der Waals surface area contributed by atoms with Crippen LogP contribution in [0.25, 0.3) is 16.3 Å². The molecule has 0 atom stereocenters. The van der Waals surface area contributed by atoms with Crippen LogP contribution in [0.3, 0.4) is 0 Å². The van der Waals surface area contributed by atoms with Gasteiger partial charge in [-0.3, -0.25) is 0 Å². The Morgan fingerprint density at radius 1 is 1.38 bits per heavy atom. The molecule has 3 N–H and O–H groups in total. The SMILES string of the molecule is N=C/C(=C\N)c1cccc2c(Br)nncc12. The zero-order valence-electron chi connectivity index (χ0n) is 8.31. The molecule has 5 heteroatoms. The van der Waals surface area contributed by atoms with Crippen molar-refractivity contribution in [1.82, 2.24) is 10.2 Å². The fourth-order valence-corrected chi connectivity index (χ4v) is 1.98. The molecule has 0 fully saturated rings. The maximum Gasteiger partial charge on any atom is 0.136 e. The van der Waals surface area contributed by atoms with Gasteiger partial charge in [-0.1, -0.05) is 18.2 Å². The second-order valence-electron chi connectivity index (χ2n) is 3.17. The van der Waals surface area contributed by atoms with Crippen LogP contribution in [0.4, 0.5) is 0 Å². The Morgan fingerprint density at radius 3 is 2.88 bits per heavy atom. The third-order valence-corrected chi connectivity index (χ3v) is 2.89. The van der Waals surface area contributed by atoms with Crippen molar-refractivity contribution in [3.8, 4) is 0 Å². The van der Waals surface area contributed by atoms with Crippen LogP contribution < -0.4 is 5.73 Å². The number of fused-ring (bicyclic) bond motifs is 1. The van der Waals surface area contributed by atoms with Gasteiger partial charge < -0.3 is 11.1 Å². The lowest BCUT2D eigenvalue weighted by atomic mass is 10.0. The molecule has 0 aliphatic carbocycles. The van der Waals surface area contributed by atoms with Crippen LogP contribution >= 0.6 is 15.9 Å². The minimum Gasteiger partial charge on any atom is -0.404 e. The van der Waals surface area contributed by atoms with Crippen LogP contribution in [-0.2, 0) is 0 Å². The monoisotopic (exact) mass is 276 g/mol. The molecule has 0 radical (unpaired) electrons. The number of halogens is 1. The highest BCUT2D eigenvalue weighted by atomic mass is 79.9. The molecular formula is C11H9BrN4. The summed E-state index contributed by atoms with van der Waals surface area (Å²) >= 11 is 3.34. The molecule has 0 spiro atoms. The summed E-state index contributed by atoms with van der Waals surface area (Å²) in [5, 5.41) is 17.0. The molecule has 0 saturated carbocycles. The van der Waals surface area contributed by atoms with E-state index >= 15 is 0 Å². The molecule has 2 rings (SSSR count). The van der Waals surface area contributed by atoms with E-state index in [1.54, 1.807) is 6.20 Å². The van der Waals surface area contributed by atoms with Crippen molar-refractivity contribution in [3.63, 3.8) is 0 Å². The molecule has 16 heavy (non-hydrogen) atoms. The van der Waals surface area contributed by atoms with Gasteiger partial charge in [0.1, 0.15) is 4.60 Å². The zero-order valence-corrected chi connectivity index (χ0v) is 9.90. The van der Waals surface area contributed by atoms with E-state index in [9.17, 15) is 0 Å². The van der Waals surface area contributed by atoms with Crippen LogP contribution in [-0.4, -0.2) is 16.4 Å². The van der Waals surface area contributed by atoms with E-state index < -0.39 is 0 Å². The second-order valence-corrected chi connectivity index (χ2v) is 3.92. The Labute approximate surface area is 101 Å². The van der Waals surface area contributed by atoms with Gasteiger partial charge in [0, 0.05) is 28.8 Å². The van der Waals surface area contributed by atoms with Crippen LogP contribution in [0.15, 0.2) is 35.2 Å². The molecule has 2 aromatic rings. The first-order valence-corrected chi connectivity index (χ1v) is 5.40. The van der Waals surface area contributed by atoms with Crippen LogP contribution in [0, 0.1) is 5.41 Å². The lowest BCUT2D eigenvalue weighted by molar-refractivity contribution is 1.03. The van der Waals surface area contributed by atoms with Crippen molar-refractivity contribution in [2.45, 2.75) is 0 Å². The van der Waals surface area contributed by atoms with E-state index in [1.165, 1.54) is 12.4 Å². The molecule has 0 aliphatic rings. The summed E-state index contributed by atoms with van der Waals surface area (Å²) in [4.78, 5) is 0. The molecule has 1 aromatic carbocycles.